The van der Waals surface area contributed by atoms with Crippen LogP contribution in [0.5, 0.6) is 0 Å². The molecule has 0 aliphatic carbocycles. The van der Waals surface area contributed by atoms with Crippen molar-refractivity contribution in [1.29, 1.82) is 0 Å². The maximum atomic E-state index is 12.7. The van der Waals surface area contributed by atoms with Gasteiger partial charge in [-0.2, -0.15) is 0 Å². The predicted octanol–water partition coefficient (Wildman–Crippen LogP) is 16.2. The zero-order chi connectivity index (χ0) is 44.4. The number of hydrogen-bond acceptors (Lipinski definition) is 6. The lowest BCUT2D eigenvalue weighted by atomic mass is 10.1. The molecule has 0 unspecified atom stereocenters. The van der Waals surface area contributed by atoms with Gasteiger partial charge in [0, 0.05) is 19.3 Å². The van der Waals surface area contributed by atoms with Gasteiger partial charge in [-0.15, -0.1) is 0 Å². The summed E-state index contributed by atoms with van der Waals surface area (Å²) < 4.78 is 16.7. The fourth-order valence-corrected chi connectivity index (χ4v) is 6.36. The molecule has 0 aromatic rings. The second kappa shape index (κ2) is 49.0. The largest absolute Gasteiger partial charge is 0.462 e. The lowest BCUT2D eigenvalue weighted by molar-refractivity contribution is -0.167. The van der Waals surface area contributed by atoms with Gasteiger partial charge in [-0.3, -0.25) is 14.4 Å². The van der Waals surface area contributed by atoms with Crippen molar-refractivity contribution in [3.05, 3.63) is 97.2 Å². The highest BCUT2D eigenvalue weighted by molar-refractivity contribution is 5.71. The fourth-order valence-electron chi connectivity index (χ4n) is 6.36. The monoisotopic (exact) mass is 847 g/mol. The van der Waals surface area contributed by atoms with Crippen LogP contribution < -0.4 is 0 Å². The number of hydrogen-bond donors (Lipinski definition) is 0. The first-order valence-corrected chi connectivity index (χ1v) is 24.7. The molecule has 0 aliphatic heterocycles. The SMILES string of the molecule is CC/C=C\C/C=C\C/C=C\C/C=C\CCCCC(=O)O[C@H](COC(=O)CCC/C=C\C/C=C\C/C=C\C/C=C\CCCCC)COC(=O)CCCCCCCCCCCCC. The molecule has 0 saturated heterocycles. The van der Waals surface area contributed by atoms with E-state index in [1.165, 1.54) is 77.0 Å². The van der Waals surface area contributed by atoms with Gasteiger partial charge in [-0.1, -0.05) is 195 Å². The van der Waals surface area contributed by atoms with Crippen molar-refractivity contribution in [2.75, 3.05) is 13.2 Å². The summed E-state index contributed by atoms with van der Waals surface area (Å²) in [6, 6.07) is 0. The van der Waals surface area contributed by atoms with Crippen molar-refractivity contribution in [2.45, 2.75) is 219 Å². The van der Waals surface area contributed by atoms with E-state index in [0.29, 0.717) is 19.3 Å². The normalized spacial score (nSPS) is 12.9. The van der Waals surface area contributed by atoms with E-state index >= 15 is 0 Å². The molecule has 0 spiro atoms. The molecule has 0 aromatic carbocycles. The van der Waals surface area contributed by atoms with Gasteiger partial charge in [0.1, 0.15) is 13.2 Å². The number of unbranched alkanes of at least 4 members (excludes halogenated alkanes) is 16. The molecule has 0 bridgehead atoms. The van der Waals surface area contributed by atoms with Crippen LogP contribution in [0.25, 0.3) is 0 Å². The third-order valence-electron chi connectivity index (χ3n) is 10.1. The molecule has 0 rings (SSSR count). The van der Waals surface area contributed by atoms with E-state index in [0.717, 1.165) is 83.5 Å². The molecule has 1 atom stereocenters. The van der Waals surface area contributed by atoms with Crippen LogP contribution in [0.2, 0.25) is 0 Å². The van der Waals surface area contributed by atoms with E-state index < -0.39 is 6.10 Å². The Balaban J connectivity index is 4.54. The van der Waals surface area contributed by atoms with E-state index in [1.54, 1.807) is 0 Å². The van der Waals surface area contributed by atoms with Crippen molar-refractivity contribution in [2.24, 2.45) is 0 Å². The first kappa shape index (κ1) is 57.3. The Morgan fingerprint density at radius 1 is 0.344 bits per heavy atom. The number of ether oxygens (including phenoxy) is 3. The fraction of sp³-hybridized carbons (Fsp3) is 0.655. The van der Waals surface area contributed by atoms with Crippen LogP contribution in [0.1, 0.15) is 213 Å². The summed E-state index contributed by atoms with van der Waals surface area (Å²) in [5, 5.41) is 0. The Kier molecular flexibility index (Phi) is 46.0. The molecule has 0 aliphatic rings. The first-order valence-electron chi connectivity index (χ1n) is 24.7. The van der Waals surface area contributed by atoms with Gasteiger partial charge in [-0.05, 0) is 96.3 Å². The number of esters is 3. The highest BCUT2D eigenvalue weighted by Gasteiger charge is 2.19. The Hall–Kier alpha value is -3.67. The van der Waals surface area contributed by atoms with Crippen molar-refractivity contribution >= 4 is 17.9 Å². The molecule has 61 heavy (non-hydrogen) atoms. The minimum atomic E-state index is -0.819. The summed E-state index contributed by atoms with van der Waals surface area (Å²) in [6.45, 7) is 6.39. The van der Waals surface area contributed by atoms with Crippen LogP contribution in [0.4, 0.5) is 0 Å². The third kappa shape index (κ3) is 47.2. The zero-order valence-electron chi connectivity index (χ0n) is 39.4. The second-order valence-electron chi connectivity index (χ2n) is 16.0. The van der Waals surface area contributed by atoms with Gasteiger partial charge >= 0.3 is 17.9 Å². The average molecular weight is 847 g/mol. The molecule has 0 heterocycles. The molecule has 6 nitrogen and oxygen atoms in total. The van der Waals surface area contributed by atoms with Gasteiger partial charge in [0.2, 0.25) is 0 Å². The van der Waals surface area contributed by atoms with Crippen molar-refractivity contribution in [1.82, 2.24) is 0 Å². The van der Waals surface area contributed by atoms with Crippen LogP contribution in [0, 0.1) is 0 Å². The van der Waals surface area contributed by atoms with Crippen LogP contribution in [-0.4, -0.2) is 37.2 Å². The van der Waals surface area contributed by atoms with E-state index in [4.69, 9.17) is 14.2 Å². The van der Waals surface area contributed by atoms with Gasteiger partial charge in [0.05, 0.1) is 0 Å². The summed E-state index contributed by atoms with van der Waals surface area (Å²) in [5.74, 6) is -1.02. The summed E-state index contributed by atoms with van der Waals surface area (Å²) in [4.78, 5) is 37.8. The van der Waals surface area contributed by atoms with Gasteiger partial charge < -0.3 is 14.2 Å². The standard InChI is InChI=1S/C55H90O6/c1-4-7-10-13-16-19-22-24-26-27-29-30-33-36-39-42-45-48-54(57)60-51-52(50-59-53(56)47-44-41-38-35-32-21-18-15-12-9-6-3)61-55(58)49-46-43-40-37-34-31-28-25-23-20-17-14-11-8-5-2/h8,11,16-17,19-20,24-26,28-30,34,36-37,39,52H,4-7,9-10,12-15,18,21-23,27,31-33,35,38,40-51H2,1-3H3/b11-8-,19-16-,20-17-,26-24-,28-25-,30-29-,37-34-,39-36-/t52-/m0/s1. The highest BCUT2D eigenvalue weighted by Crippen LogP contribution is 2.13. The molecule has 0 radical (unpaired) electrons. The highest BCUT2D eigenvalue weighted by atomic mass is 16.6. The smallest absolute Gasteiger partial charge is 0.306 e. The van der Waals surface area contributed by atoms with Crippen LogP contribution >= 0.6 is 0 Å². The number of carbonyl (C=O) groups is 3. The molecule has 6 heteroatoms. The molecule has 0 aromatic heterocycles. The maximum Gasteiger partial charge on any atom is 0.306 e. The predicted molar refractivity (Wildman–Crippen MR) is 260 cm³/mol. The maximum absolute atomic E-state index is 12.7. The van der Waals surface area contributed by atoms with Crippen molar-refractivity contribution in [3.63, 3.8) is 0 Å². The summed E-state index contributed by atoms with van der Waals surface area (Å²) in [7, 11) is 0. The second-order valence-corrected chi connectivity index (χ2v) is 16.0. The Morgan fingerprint density at radius 2 is 0.656 bits per heavy atom. The van der Waals surface area contributed by atoms with E-state index in [9.17, 15) is 14.4 Å². The Labute approximate surface area is 375 Å². The minimum Gasteiger partial charge on any atom is -0.462 e. The molecule has 0 saturated carbocycles. The molecule has 0 amide bonds. The average Bonchev–Trinajstić information content (AvgIpc) is 3.26. The summed E-state index contributed by atoms with van der Waals surface area (Å²) in [6.07, 6.45) is 63.9. The zero-order valence-corrected chi connectivity index (χ0v) is 39.4. The molecular formula is C55H90O6. The molecule has 346 valence electrons. The van der Waals surface area contributed by atoms with E-state index in [2.05, 4.69) is 118 Å². The summed E-state index contributed by atoms with van der Waals surface area (Å²) in [5.41, 5.74) is 0. The molecule has 0 fully saturated rings. The van der Waals surface area contributed by atoms with Gasteiger partial charge in [-0.25, -0.2) is 0 Å². The van der Waals surface area contributed by atoms with Crippen LogP contribution in [0.15, 0.2) is 97.2 Å². The van der Waals surface area contributed by atoms with Gasteiger partial charge in [0.25, 0.3) is 0 Å². The van der Waals surface area contributed by atoms with E-state index in [1.807, 2.05) is 0 Å². The number of allylic oxidation sites excluding steroid dienone is 16. The van der Waals surface area contributed by atoms with Crippen LogP contribution in [0.3, 0.4) is 0 Å². The lowest BCUT2D eigenvalue weighted by Gasteiger charge is -2.18. The number of rotatable bonds is 43. The van der Waals surface area contributed by atoms with Gasteiger partial charge in [0.15, 0.2) is 6.10 Å². The Morgan fingerprint density at radius 3 is 1.10 bits per heavy atom. The van der Waals surface area contributed by atoms with Crippen molar-refractivity contribution < 1.29 is 28.6 Å². The Bertz CT molecular complexity index is 1250. The minimum absolute atomic E-state index is 0.111. The number of carbonyl (C=O) groups excluding carboxylic acids is 3. The van der Waals surface area contributed by atoms with Crippen LogP contribution in [-0.2, 0) is 28.6 Å². The third-order valence-corrected chi connectivity index (χ3v) is 10.1. The lowest BCUT2D eigenvalue weighted by Crippen LogP contribution is -2.30. The van der Waals surface area contributed by atoms with Crippen molar-refractivity contribution in [3.8, 4) is 0 Å². The van der Waals surface area contributed by atoms with E-state index in [-0.39, 0.29) is 44.0 Å². The topological polar surface area (TPSA) is 78.9 Å². The quantitative estimate of drug-likeness (QED) is 0.0263. The first-order chi connectivity index (χ1) is 30.0. The summed E-state index contributed by atoms with van der Waals surface area (Å²) >= 11 is 0. The molecular weight excluding hydrogens is 757 g/mol. The molecule has 0 N–H and O–H groups in total.